The summed E-state index contributed by atoms with van der Waals surface area (Å²) in [4.78, 5) is 20.9. The number of esters is 1. The molecular formula is C20H24N2O4. The Morgan fingerprint density at radius 3 is 2.77 bits per heavy atom. The van der Waals surface area contributed by atoms with E-state index < -0.39 is 0 Å². The van der Waals surface area contributed by atoms with Gasteiger partial charge in [0.1, 0.15) is 12.3 Å². The van der Waals surface area contributed by atoms with Gasteiger partial charge in [-0.25, -0.2) is 0 Å². The van der Waals surface area contributed by atoms with Crippen molar-refractivity contribution in [2.45, 2.75) is 32.8 Å². The molecule has 0 unspecified atom stereocenters. The van der Waals surface area contributed by atoms with Crippen LogP contribution in [-0.2, 0) is 21.0 Å². The average Bonchev–Trinajstić information content (AvgIpc) is 2.68. The van der Waals surface area contributed by atoms with Gasteiger partial charge < -0.3 is 14.7 Å². The molecule has 0 bridgehead atoms. The molecule has 0 fully saturated rings. The lowest BCUT2D eigenvalue weighted by atomic mass is 10.0. The van der Waals surface area contributed by atoms with Crippen molar-refractivity contribution in [2.24, 2.45) is 5.16 Å². The van der Waals surface area contributed by atoms with E-state index in [0.717, 1.165) is 16.7 Å². The summed E-state index contributed by atoms with van der Waals surface area (Å²) in [5.74, 6) is -0.187. The molecule has 0 saturated heterocycles. The van der Waals surface area contributed by atoms with E-state index in [-0.39, 0.29) is 12.6 Å². The normalized spacial score (nSPS) is 11.2. The van der Waals surface area contributed by atoms with E-state index in [9.17, 15) is 9.90 Å². The van der Waals surface area contributed by atoms with E-state index in [1.54, 1.807) is 19.3 Å². The second-order valence-corrected chi connectivity index (χ2v) is 5.64. The molecule has 6 heteroatoms. The molecule has 0 aliphatic rings. The van der Waals surface area contributed by atoms with Crippen molar-refractivity contribution in [1.29, 1.82) is 0 Å². The summed E-state index contributed by atoms with van der Waals surface area (Å²) in [6.45, 7) is 2.56. The summed E-state index contributed by atoms with van der Waals surface area (Å²) in [7, 11) is 0. The number of ether oxygens (including phenoxy) is 1. The summed E-state index contributed by atoms with van der Waals surface area (Å²) in [6.07, 6.45) is 5.20. The first kappa shape index (κ1) is 19.6. The number of aliphatic hydroxyl groups excluding tert-OH is 1. The summed E-state index contributed by atoms with van der Waals surface area (Å²) in [5.41, 5.74) is 3.12. The number of unbranched alkanes of at least 4 members (excludes halogenated alkanes) is 1. The minimum absolute atomic E-state index is 0.0388. The van der Waals surface area contributed by atoms with Crippen LogP contribution in [0.25, 0.3) is 0 Å². The first-order valence-corrected chi connectivity index (χ1v) is 8.70. The molecule has 0 saturated carbocycles. The predicted octanol–water partition coefficient (Wildman–Crippen LogP) is 3.08. The van der Waals surface area contributed by atoms with Crippen LogP contribution in [0.1, 0.15) is 42.9 Å². The number of carbonyl (C=O) groups excluding carboxylic acids is 1. The molecule has 2 rings (SSSR count). The van der Waals surface area contributed by atoms with Crippen molar-refractivity contribution in [3.8, 4) is 0 Å². The zero-order valence-corrected chi connectivity index (χ0v) is 14.9. The molecule has 0 radical (unpaired) electrons. The van der Waals surface area contributed by atoms with Gasteiger partial charge in [0.15, 0.2) is 0 Å². The molecule has 0 spiro atoms. The third-order valence-corrected chi connectivity index (χ3v) is 3.65. The minimum atomic E-state index is -0.187. The number of hydrogen-bond donors (Lipinski definition) is 1. The maximum atomic E-state index is 11.3. The van der Waals surface area contributed by atoms with Gasteiger partial charge in [-0.3, -0.25) is 9.78 Å². The molecular weight excluding hydrogens is 332 g/mol. The Balaban J connectivity index is 2.00. The number of aromatic nitrogens is 1. The Labute approximate surface area is 153 Å². The van der Waals surface area contributed by atoms with Gasteiger partial charge in [0.2, 0.25) is 0 Å². The van der Waals surface area contributed by atoms with Gasteiger partial charge in [-0.1, -0.05) is 23.4 Å². The van der Waals surface area contributed by atoms with Crippen molar-refractivity contribution in [1.82, 2.24) is 4.98 Å². The fraction of sp³-hybridized carbons (Fsp3) is 0.350. The zero-order valence-electron chi connectivity index (χ0n) is 14.9. The van der Waals surface area contributed by atoms with Crippen molar-refractivity contribution >= 4 is 11.7 Å². The summed E-state index contributed by atoms with van der Waals surface area (Å²) in [5, 5.41) is 13.6. The first-order chi connectivity index (χ1) is 12.7. The van der Waals surface area contributed by atoms with Gasteiger partial charge in [-0.05, 0) is 43.5 Å². The van der Waals surface area contributed by atoms with Gasteiger partial charge in [-0.2, -0.15) is 0 Å². The van der Waals surface area contributed by atoms with E-state index in [2.05, 4.69) is 10.1 Å². The summed E-state index contributed by atoms with van der Waals surface area (Å²) in [6, 6.07) is 11.2. The molecule has 1 aromatic heterocycles. The van der Waals surface area contributed by atoms with E-state index in [1.807, 2.05) is 36.4 Å². The molecule has 0 aliphatic carbocycles. The SMILES string of the molecule is CCOC(=O)CCCCO/N=C(\c1cccnc1)c1cccc(CO)c1. The van der Waals surface area contributed by atoms with Gasteiger partial charge in [-0.15, -0.1) is 0 Å². The number of nitrogens with zero attached hydrogens (tertiary/aromatic N) is 2. The molecule has 2 aromatic rings. The zero-order chi connectivity index (χ0) is 18.6. The van der Waals surface area contributed by atoms with Crippen molar-refractivity contribution in [2.75, 3.05) is 13.2 Å². The lowest BCUT2D eigenvalue weighted by Crippen LogP contribution is -2.07. The Morgan fingerprint density at radius 1 is 1.19 bits per heavy atom. The van der Waals surface area contributed by atoms with Gasteiger partial charge in [0.25, 0.3) is 0 Å². The lowest BCUT2D eigenvalue weighted by molar-refractivity contribution is -0.143. The second kappa shape index (κ2) is 11.0. The standard InChI is InChI=1S/C20H24N2O4/c1-2-25-19(24)10-3-4-12-26-22-20(18-9-6-11-21-14-18)17-8-5-7-16(13-17)15-23/h5-9,11,13-14,23H,2-4,10,12,15H2,1H3/b22-20-. The number of aliphatic hydroxyl groups is 1. The smallest absolute Gasteiger partial charge is 0.305 e. The topological polar surface area (TPSA) is 81.0 Å². The van der Waals surface area contributed by atoms with E-state index >= 15 is 0 Å². The maximum absolute atomic E-state index is 11.3. The van der Waals surface area contributed by atoms with Crippen LogP contribution in [0.4, 0.5) is 0 Å². The number of carbonyl (C=O) groups is 1. The highest BCUT2D eigenvalue weighted by Crippen LogP contribution is 2.13. The van der Waals surface area contributed by atoms with Crippen LogP contribution in [0, 0.1) is 0 Å². The largest absolute Gasteiger partial charge is 0.466 e. The second-order valence-electron chi connectivity index (χ2n) is 5.64. The highest BCUT2D eigenvalue weighted by Gasteiger charge is 2.09. The predicted molar refractivity (Wildman–Crippen MR) is 98.7 cm³/mol. The van der Waals surface area contributed by atoms with E-state index in [0.29, 0.717) is 38.2 Å². The molecule has 1 heterocycles. The average molecular weight is 356 g/mol. The molecule has 138 valence electrons. The quantitative estimate of drug-likeness (QED) is 0.306. The van der Waals surface area contributed by atoms with Crippen molar-refractivity contribution in [3.05, 3.63) is 65.5 Å². The van der Waals surface area contributed by atoms with Crippen LogP contribution in [0.2, 0.25) is 0 Å². The summed E-state index contributed by atoms with van der Waals surface area (Å²) < 4.78 is 4.89. The molecule has 1 N–H and O–H groups in total. The van der Waals surface area contributed by atoms with Gasteiger partial charge in [0, 0.05) is 29.9 Å². The lowest BCUT2D eigenvalue weighted by Gasteiger charge is -2.08. The van der Waals surface area contributed by atoms with E-state index in [4.69, 9.17) is 9.57 Å². The first-order valence-electron chi connectivity index (χ1n) is 8.70. The van der Waals surface area contributed by atoms with Gasteiger partial charge >= 0.3 is 5.97 Å². The van der Waals surface area contributed by atoms with Crippen LogP contribution in [0.5, 0.6) is 0 Å². The van der Waals surface area contributed by atoms with Crippen molar-refractivity contribution in [3.63, 3.8) is 0 Å². The van der Waals surface area contributed by atoms with Crippen molar-refractivity contribution < 1.29 is 19.5 Å². The fourth-order valence-electron chi connectivity index (χ4n) is 2.37. The third kappa shape index (κ3) is 6.29. The van der Waals surface area contributed by atoms with Crippen LogP contribution in [0.3, 0.4) is 0 Å². The number of oxime groups is 1. The summed E-state index contributed by atoms with van der Waals surface area (Å²) >= 11 is 0. The Kier molecular flexibility index (Phi) is 8.29. The third-order valence-electron chi connectivity index (χ3n) is 3.65. The minimum Gasteiger partial charge on any atom is -0.466 e. The maximum Gasteiger partial charge on any atom is 0.305 e. The Hall–Kier alpha value is -2.73. The highest BCUT2D eigenvalue weighted by atomic mass is 16.6. The fourth-order valence-corrected chi connectivity index (χ4v) is 2.37. The molecule has 1 aromatic carbocycles. The Bertz CT molecular complexity index is 717. The highest BCUT2D eigenvalue weighted by molar-refractivity contribution is 6.12. The molecule has 26 heavy (non-hydrogen) atoms. The molecule has 0 aliphatic heterocycles. The monoisotopic (exact) mass is 356 g/mol. The Morgan fingerprint density at radius 2 is 2.04 bits per heavy atom. The van der Waals surface area contributed by atoms with Crippen LogP contribution in [-0.4, -0.2) is 35.0 Å². The van der Waals surface area contributed by atoms with E-state index in [1.165, 1.54) is 0 Å². The number of rotatable bonds is 10. The number of pyridine rings is 1. The van der Waals surface area contributed by atoms with Gasteiger partial charge in [0.05, 0.1) is 13.2 Å². The number of hydrogen-bond acceptors (Lipinski definition) is 6. The van der Waals surface area contributed by atoms with Crippen LogP contribution in [0.15, 0.2) is 53.9 Å². The number of benzene rings is 1. The van der Waals surface area contributed by atoms with Crippen LogP contribution < -0.4 is 0 Å². The van der Waals surface area contributed by atoms with Crippen LogP contribution >= 0.6 is 0 Å². The molecule has 6 nitrogen and oxygen atoms in total. The molecule has 0 amide bonds. The molecule has 0 atom stereocenters.